The Kier molecular flexibility index (Phi) is 5.00. The quantitative estimate of drug-likeness (QED) is 0.783. The van der Waals surface area contributed by atoms with Crippen LogP contribution in [0.1, 0.15) is 32.6 Å². The van der Waals surface area contributed by atoms with Gasteiger partial charge in [0.25, 0.3) is 0 Å². The first-order chi connectivity index (χ1) is 8.59. The zero-order valence-corrected chi connectivity index (χ0v) is 11.8. The molecular formula is C12H24N2O3S. The number of sulfonamides is 1. The highest BCUT2D eigenvalue weighted by molar-refractivity contribution is 7.90. The second-order valence-electron chi connectivity index (χ2n) is 5.40. The van der Waals surface area contributed by atoms with Crippen LogP contribution in [-0.4, -0.2) is 46.0 Å². The summed E-state index contributed by atoms with van der Waals surface area (Å²) in [7, 11) is -3.23. The van der Waals surface area contributed by atoms with Gasteiger partial charge in [0.2, 0.25) is 10.0 Å². The Labute approximate surface area is 110 Å². The molecule has 2 aliphatic heterocycles. The zero-order valence-electron chi connectivity index (χ0n) is 11.0. The molecule has 0 spiro atoms. The molecule has 0 amide bonds. The molecule has 18 heavy (non-hydrogen) atoms. The van der Waals surface area contributed by atoms with Crippen molar-refractivity contribution in [2.24, 2.45) is 5.92 Å². The Morgan fingerprint density at radius 3 is 2.78 bits per heavy atom. The summed E-state index contributed by atoms with van der Waals surface area (Å²) in [5, 5.41) is 2.95. The Hall–Kier alpha value is -0.170. The summed E-state index contributed by atoms with van der Waals surface area (Å²) in [5.41, 5.74) is 0. The van der Waals surface area contributed by atoms with Crippen molar-refractivity contribution in [2.75, 3.05) is 26.3 Å². The summed E-state index contributed by atoms with van der Waals surface area (Å²) in [6.07, 6.45) is 3.77. The average Bonchev–Trinajstić information content (AvgIpc) is 2.40. The van der Waals surface area contributed by atoms with Crippen LogP contribution < -0.4 is 10.0 Å². The lowest BCUT2D eigenvalue weighted by molar-refractivity contribution is 0.0986. The molecule has 0 bridgehead atoms. The van der Waals surface area contributed by atoms with Crippen molar-refractivity contribution >= 4 is 10.0 Å². The van der Waals surface area contributed by atoms with Gasteiger partial charge >= 0.3 is 0 Å². The van der Waals surface area contributed by atoms with Crippen LogP contribution in [0.4, 0.5) is 0 Å². The van der Waals surface area contributed by atoms with E-state index in [1.54, 1.807) is 0 Å². The monoisotopic (exact) mass is 276 g/mol. The fourth-order valence-electron chi connectivity index (χ4n) is 2.71. The smallest absolute Gasteiger partial charge is 0.217 e. The van der Waals surface area contributed by atoms with Crippen LogP contribution in [-0.2, 0) is 14.8 Å². The van der Waals surface area contributed by atoms with Gasteiger partial charge < -0.3 is 10.1 Å². The van der Waals surface area contributed by atoms with Gasteiger partial charge in [0.15, 0.2) is 0 Å². The maximum absolute atomic E-state index is 12.2. The number of hydrogen-bond acceptors (Lipinski definition) is 4. The van der Waals surface area contributed by atoms with Crippen molar-refractivity contribution in [2.45, 2.75) is 43.9 Å². The van der Waals surface area contributed by atoms with E-state index in [2.05, 4.69) is 10.0 Å². The predicted molar refractivity (Wildman–Crippen MR) is 71.0 cm³/mol. The first kappa shape index (κ1) is 14.2. The van der Waals surface area contributed by atoms with Crippen molar-refractivity contribution < 1.29 is 13.2 Å². The predicted octanol–water partition coefficient (Wildman–Crippen LogP) is 0.473. The standard InChI is InChI=1S/C12H24N2O3S/c1-10(11-4-2-6-13-8-11)14-18(15,16)12-5-3-7-17-9-12/h10-14H,2-9H2,1H3/t10-,11+,12-/m0/s1. The van der Waals surface area contributed by atoms with Crippen molar-refractivity contribution in [1.29, 1.82) is 0 Å². The van der Waals surface area contributed by atoms with E-state index in [-0.39, 0.29) is 11.3 Å². The molecule has 6 heteroatoms. The van der Waals surface area contributed by atoms with Gasteiger partial charge in [-0.25, -0.2) is 13.1 Å². The minimum absolute atomic E-state index is 0.00438. The van der Waals surface area contributed by atoms with E-state index in [0.29, 0.717) is 25.6 Å². The molecule has 0 aromatic carbocycles. The van der Waals surface area contributed by atoms with E-state index in [1.807, 2.05) is 6.92 Å². The molecular weight excluding hydrogens is 252 g/mol. The number of hydrogen-bond donors (Lipinski definition) is 2. The molecule has 0 radical (unpaired) electrons. The van der Waals surface area contributed by atoms with E-state index in [4.69, 9.17) is 4.74 Å². The maximum Gasteiger partial charge on any atom is 0.217 e. The van der Waals surface area contributed by atoms with Gasteiger partial charge in [-0.2, -0.15) is 0 Å². The Morgan fingerprint density at radius 2 is 2.17 bits per heavy atom. The molecule has 2 N–H and O–H groups in total. The normalized spacial score (nSPS) is 32.1. The molecule has 2 saturated heterocycles. The zero-order chi connectivity index (χ0) is 13.0. The van der Waals surface area contributed by atoms with E-state index in [0.717, 1.165) is 32.4 Å². The Morgan fingerprint density at radius 1 is 1.33 bits per heavy atom. The third-order valence-electron chi connectivity index (χ3n) is 3.95. The lowest BCUT2D eigenvalue weighted by Gasteiger charge is -2.31. The number of rotatable bonds is 4. The fourth-order valence-corrected chi connectivity index (χ4v) is 4.37. The molecule has 2 heterocycles. The van der Waals surface area contributed by atoms with Gasteiger partial charge in [0.05, 0.1) is 11.9 Å². The highest BCUT2D eigenvalue weighted by atomic mass is 32.2. The minimum atomic E-state index is -3.23. The summed E-state index contributed by atoms with van der Waals surface area (Å²) < 4.78 is 32.6. The van der Waals surface area contributed by atoms with Crippen LogP contribution in [0.15, 0.2) is 0 Å². The lowest BCUT2D eigenvalue weighted by Crippen LogP contribution is -2.48. The van der Waals surface area contributed by atoms with Crippen molar-refractivity contribution in [3.8, 4) is 0 Å². The molecule has 0 unspecified atom stereocenters. The largest absolute Gasteiger partial charge is 0.380 e. The van der Waals surface area contributed by atoms with Gasteiger partial charge in [-0.1, -0.05) is 0 Å². The summed E-state index contributed by atoms with van der Waals surface area (Å²) in [6, 6.07) is 0.00438. The van der Waals surface area contributed by atoms with Gasteiger partial charge in [-0.3, -0.25) is 0 Å². The summed E-state index contributed by atoms with van der Waals surface area (Å²) in [4.78, 5) is 0. The van der Waals surface area contributed by atoms with Crippen molar-refractivity contribution in [3.63, 3.8) is 0 Å². The van der Waals surface area contributed by atoms with Crippen LogP contribution in [0.25, 0.3) is 0 Å². The summed E-state index contributed by atoms with van der Waals surface area (Å²) in [6.45, 7) is 4.95. The Bertz CT molecular complexity index is 346. The highest BCUT2D eigenvalue weighted by Crippen LogP contribution is 2.18. The van der Waals surface area contributed by atoms with Crippen LogP contribution in [0.5, 0.6) is 0 Å². The SMILES string of the molecule is C[C@H](NS(=O)(=O)[C@H]1CCCOC1)[C@@H]1CCCNC1. The van der Waals surface area contributed by atoms with Gasteiger partial charge in [0.1, 0.15) is 0 Å². The molecule has 5 nitrogen and oxygen atoms in total. The average molecular weight is 276 g/mol. The van der Waals surface area contributed by atoms with E-state index in [9.17, 15) is 8.42 Å². The van der Waals surface area contributed by atoms with Gasteiger partial charge in [-0.15, -0.1) is 0 Å². The van der Waals surface area contributed by atoms with Crippen molar-refractivity contribution in [1.82, 2.24) is 10.0 Å². The van der Waals surface area contributed by atoms with Gasteiger partial charge in [-0.05, 0) is 51.6 Å². The number of nitrogens with one attached hydrogen (secondary N) is 2. The van der Waals surface area contributed by atoms with Crippen molar-refractivity contribution in [3.05, 3.63) is 0 Å². The molecule has 0 saturated carbocycles. The number of piperidine rings is 1. The molecule has 3 atom stereocenters. The fraction of sp³-hybridized carbons (Fsp3) is 1.00. The highest BCUT2D eigenvalue weighted by Gasteiger charge is 2.31. The molecule has 0 aliphatic carbocycles. The van der Waals surface area contributed by atoms with Crippen LogP contribution in [0.3, 0.4) is 0 Å². The second-order valence-corrected chi connectivity index (χ2v) is 7.39. The second kappa shape index (κ2) is 6.32. The molecule has 2 aliphatic rings. The van der Waals surface area contributed by atoms with E-state index < -0.39 is 10.0 Å². The molecule has 2 fully saturated rings. The summed E-state index contributed by atoms with van der Waals surface area (Å²) in [5.74, 6) is 0.401. The molecule has 106 valence electrons. The van der Waals surface area contributed by atoms with Gasteiger partial charge in [0, 0.05) is 12.6 Å². The van der Waals surface area contributed by atoms with Crippen LogP contribution in [0, 0.1) is 5.92 Å². The minimum Gasteiger partial charge on any atom is -0.380 e. The van der Waals surface area contributed by atoms with E-state index in [1.165, 1.54) is 0 Å². The lowest BCUT2D eigenvalue weighted by atomic mass is 9.94. The molecule has 0 aromatic heterocycles. The molecule has 0 aromatic rings. The first-order valence-corrected chi connectivity index (χ1v) is 8.44. The summed E-state index contributed by atoms with van der Waals surface area (Å²) >= 11 is 0. The topological polar surface area (TPSA) is 67.4 Å². The third kappa shape index (κ3) is 3.66. The van der Waals surface area contributed by atoms with Crippen LogP contribution >= 0.6 is 0 Å². The Balaban J connectivity index is 1.89. The van der Waals surface area contributed by atoms with E-state index >= 15 is 0 Å². The first-order valence-electron chi connectivity index (χ1n) is 6.89. The van der Waals surface area contributed by atoms with Crippen LogP contribution in [0.2, 0.25) is 0 Å². The third-order valence-corrected chi connectivity index (χ3v) is 5.90. The maximum atomic E-state index is 12.2. The number of ether oxygens (including phenoxy) is 1. The molecule has 2 rings (SSSR count).